The van der Waals surface area contributed by atoms with Crippen molar-refractivity contribution in [1.82, 2.24) is 0 Å². The van der Waals surface area contributed by atoms with Crippen molar-refractivity contribution in [1.29, 1.82) is 0 Å². The Labute approximate surface area is 316 Å². The topological polar surface area (TPSA) is 3.24 Å². The van der Waals surface area contributed by atoms with Gasteiger partial charge in [-0.2, -0.15) is 0 Å². The first-order valence-electron chi connectivity index (χ1n) is 19.7. The van der Waals surface area contributed by atoms with Gasteiger partial charge in [-0.05, 0) is 122 Å². The number of benzene rings is 7. The molecule has 0 N–H and O–H groups in total. The average Bonchev–Trinajstić information content (AvgIpc) is 3.44. The minimum atomic E-state index is -0.154. The molecule has 262 valence electrons. The Balaban J connectivity index is 1.27. The fourth-order valence-corrected chi connectivity index (χ4v) is 9.41. The molecule has 53 heavy (non-hydrogen) atoms. The third kappa shape index (κ3) is 5.88. The number of anilines is 3. The smallest absolute Gasteiger partial charge is 0.0546 e. The van der Waals surface area contributed by atoms with Crippen LogP contribution in [0.2, 0.25) is 0 Å². The van der Waals surface area contributed by atoms with E-state index in [2.05, 4.69) is 184 Å². The molecule has 2 aliphatic carbocycles. The summed E-state index contributed by atoms with van der Waals surface area (Å²) in [5.74, 6) is 1.06. The van der Waals surface area contributed by atoms with Gasteiger partial charge in [0.1, 0.15) is 0 Å². The highest BCUT2D eigenvalue weighted by Crippen LogP contribution is 2.54. The van der Waals surface area contributed by atoms with Crippen LogP contribution in [-0.4, -0.2) is 0 Å². The lowest BCUT2D eigenvalue weighted by atomic mass is 9.81. The van der Waals surface area contributed by atoms with E-state index in [1.165, 1.54) is 116 Å². The Kier molecular flexibility index (Phi) is 8.54. The number of hydrogen-bond donors (Lipinski definition) is 0. The molecule has 9 rings (SSSR count). The lowest BCUT2D eigenvalue weighted by molar-refractivity contribution is 0.443. The van der Waals surface area contributed by atoms with Crippen molar-refractivity contribution in [2.24, 2.45) is 0 Å². The lowest BCUT2D eigenvalue weighted by Crippen LogP contribution is -2.17. The van der Waals surface area contributed by atoms with Gasteiger partial charge in [-0.3, -0.25) is 0 Å². The van der Waals surface area contributed by atoms with Crippen LogP contribution in [0.5, 0.6) is 0 Å². The molecule has 0 spiro atoms. The maximum absolute atomic E-state index is 2.54. The van der Waals surface area contributed by atoms with Crippen molar-refractivity contribution < 1.29 is 0 Å². The first kappa shape index (κ1) is 33.4. The van der Waals surface area contributed by atoms with Gasteiger partial charge >= 0.3 is 0 Å². The van der Waals surface area contributed by atoms with Crippen molar-refractivity contribution in [3.05, 3.63) is 174 Å². The number of hydrogen-bond acceptors (Lipinski definition) is 1. The summed E-state index contributed by atoms with van der Waals surface area (Å²) in [6.07, 6.45) is 6.65. The molecule has 0 saturated heterocycles. The van der Waals surface area contributed by atoms with Crippen molar-refractivity contribution in [2.75, 3.05) is 4.90 Å². The standard InChI is InChI=1S/C52H49N/c1-35(2)43-22-13-14-23-45(43)47-32-39-20-11-12-21-40(39)33-50(47)53(41-28-26-37(27-29-41)36-16-7-5-8-17-36)42-30-31-46-49(34-42)52(3,4)48-25-15-24-44(51(46)48)38-18-9-6-10-19-38/h6,9-15,18-36H,5,7-8,16-17H2,1-4H3. The predicted molar refractivity (Wildman–Crippen MR) is 227 cm³/mol. The van der Waals surface area contributed by atoms with Crippen LogP contribution in [0.1, 0.15) is 93.9 Å². The van der Waals surface area contributed by atoms with E-state index in [1.54, 1.807) is 0 Å². The van der Waals surface area contributed by atoms with E-state index in [0.29, 0.717) is 11.8 Å². The number of rotatable bonds is 7. The molecule has 2 aliphatic rings. The molecular formula is C52H49N. The monoisotopic (exact) mass is 687 g/mol. The molecule has 0 unspecified atom stereocenters. The second-order valence-electron chi connectivity index (χ2n) is 16.2. The summed E-state index contributed by atoms with van der Waals surface area (Å²) < 4.78 is 0. The zero-order valence-electron chi connectivity index (χ0n) is 31.6. The van der Waals surface area contributed by atoms with Crippen molar-refractivity contribution in [3.63, 3.8) is 0 Å². The third-order valence-electron chi connectivity index (χ3n) is 12.2. The van der Waals surface area contributed by atoms with Crippen LogP contribution in [0.4, 0.5) is 17.1 Å². The summed E-state index contributed by atoms with van der Waals surface area (Å²) in [6, 6.07) is 57.3. The molecule has 0 aliphatic heterocycles. The maximum atomic E-state index is 2.54. The molecule has 0 radical (unpaired) electrons. The highest BCUT2D eigenvalue weighted by molar-refractivity contribution is 6.00. The molecule has 7 aromatic carbocycles. The molecule has 0 atom stereocenters. The van der Waals surface area contributed by atoms with Gasteiger partial charge < -0.3 is 4.90 Å². The maximum Gasteiger partial charge on any atom is 0.0546 e. The summed E-state index contributed by atoms with van der Waals surface area (Å²) in [4.78, 5) is 2.54. The zero-order valence-corrected chi connectivity index (χ0v) is 31.6. The molecule has 0 bridgehead atoms. The first-order valence-corrected chi connectivity index (χ1v) is 19.7. The average molecular weight is 688 g/mol. The second-order valence-corrected chi connectivity index (χ2v) is 16.2. The van der Waals surface area contributed by atoms with E-state index in [0.717, 1.165) is 0 Å². The second kappa shape index (κ2) is 13.5. The van der Waals surface area contributed by atoms with E-state index in [9.17, 15) is 0 Å². The first-order chi connectivity index (χ1) is 25.9. The van der Waals surface area contributed by atoms with Crippen LogP contribution in [0.15, 0.2) is 152 Å². The Morgan fingerprint density at radius 3 is 1.94 bits per heavy atom. The largest absolute Gasteiger partial charge is 0.310 e. The van der Waals surface area contributed by atoms with Crippen LogP contribution in [0, 0.1) is 0 Å². The molecule has 0 amide bonds. The molecule has 7 aromatic rings. The van der Waals surface area contributed by atoms with Crippen molar-refractivity contribution in [2.45, 2.75) is 77.0 Å². The van der Waals surface area contributed by atoms with Gasteiger partial charge in [0, 0.05) is 22.4 Å². The molecule has 1 saturated carbocycles. The molecule has 0 aromatic heterocycles. The lowest BCUT2D eigenvalue weighted by Gasteiger charge is -2.31. The Morgan fingerprint density at radius 1 is 0.528 bits per heavy atom. The van der Waals surface area contributed by atoms with Crippen LogP contribution < -0.4 is 4.90 Å². The van der Waals surface area contributed by atoms with Gasteiger partial charge in [-0.25, -0.2) is 0 Å². The fraction of sp³-hybridized carbons (Fsp3) is 0.231. The van der Waals surface area contributed by atoms with E-state index < -0.39 is 0 Å². The predicted octanol–water partition coefficient (Wildman–Crippen LogP) is 15.1. The minimum absolute atomic E-state index is 0.154. The Bertz CT molecular complexity index is 2430. The van der Waals surface area contributed by atoms with Gasteiger partial charge in [-0.1, -0.05) is 162 Å². The van der Waals surface area contributed by atoms with E-state index >= 15 is 0 Å². The molecule has 1 heteroatoms. The van der Waals surface area contributed by atoms with Crippen LogP contribution in [-0.2, 0) is 5.41 Å². The van der Waals surface area contributed by atoms with E-state index in [1.807, 2.05) is 0 Å². The van der Waals surface area contributed by atoms with Gasteiger partial charge in [0.25, 0.3) is 0 Å². The zero-order chi connectivity index (χ0) is 36.1. The van der Waals surface area contributed by atoms with Crippen molar-refractivity contribution in [3.8, 4) is 33.4 Å². The SMILES string of the molecule is CC(C)c1ccccc1-c1cc2ccccc2cc1N(c1ccc(C2CCCCC2)cc1)c1ccc2c(c1)C(C)(C)c1cccc(-c3ccccc3)c1-2. The van der Waals surface area contributed by atoms with Crippen LogP contribution in [0.25, 0.3) is 44.2 Å². The molecular weight excluding hydrogens is 639 g/mol. The Morgan fingerprint density at radius 2 is 1.19 bits per heavy atom. The number of fused-ring (bicyclic) bond motifs is 4. The molecule has 0 heterocycles. The highest BCUT2D eigenvalue weighted by Gasteiger charge is 2.37. The van der Waals surface area contributed by atoms with Gasteiger partial charge in [0.2, 0.25) is 0 Å². The highest BCUT2D eigenvalue weighted by atomic mass is 15.1. The van der Waals surface area contributed by atoms with Crippen LogP contribution >= 0.6 is 0 Å². The summed E-state index contributed by atoms with van der Waals surface area (Å²) in [6.45, 7) is 9.43. The van der Waals surface area contributed by atoms with E-state index in [4.69, 9.17) is 0 Å². The van der Waals surface area contributed by atoms with Gasteiger partial charge in [-0.15, -0.1) is 0 Å². The molecule has 1 fully saturated rings. The van der Waals surface area contributed by atoms with E-state index in [-0.39, 0.29) is 5.41 Å². The fourth-order valence-electron chi connectivity index (χ4n) is 9.41. The quantitative estimate of drug-likeness (QED) is 0.161. The van der Waals surface area contributed by atoms with Gasteiger partial charge in [0.15, 0.2) is 0 Å². The Hall–Kier alpha value is -5.40. The van der Waals surface area contributed by atoms with Crippen molar-refractivity contribution >= 4 is 27.8 Å². The van der Waals surface area contributed by atoms with Gasteiger partial charge in [0.05, 0.1) is 5.69 Å². The number of nitrogens with zero attached hydrogens (tertiary/aromatic N) is 1. The third-order valence-corrected chi connectivity index (χ3v) is 12.2. The summed E-state index contributed by atoms with van der Waals surface area (Å²) in [5, 5.41) is 2.51. The molecule has 1 nitrogen and oxygen atoms in total. The summed E-state index contributed by atoms with van der Waals surface area (Å²) in [5.41, 5.74) is 16.9. The summed E-state index contributed by atoms with van der Waals surface area (Å²) >= 11 is 0. The normalized spacial score (nSPS) is 15.0. The summed E-state index contributed by atoms with van der Waals surface area (Å²) in [7, 11) is 0. The van der Waals surface area contributed by atoms with Crippen LogP contribution in [0.3, 0.4) is 0 Å². The minimum Gasteiger partial charge on any atom is -0.310 e.